The molecule has 0 aliphatic rings. The van der Waals surface area contributed by atoms with Crippen molar-refractivity contribution in [2.45, 2.75) is 26.3 Å². The summed E-state index contributed by atoms with van der Waals surface area (Å²) in [5.41, 5.74) is 0. The maximum atomic E-state index is 11.6. The molecule has 2 atom stereocenters. The fraction of sp³-hybridized carbons (Fsp3) is 0.833. The van der Waals surface area contributed by atoms with E-state index >= 15 is 0 Å². The normalized spacial score (nSPS) is 13.8. The summed E-state index contributed by atoms with van der Waals surface area (Å²) in [6.45, 7) is 5.16. The van der Waals surface area contributed by atoms with Gasteiger partial charge >= 0.3 is 5.97 Å². The first kappa shape index (κ1) is 16.9. The van der Waals surface area contributed by atoms with E-state index < -0.39 is 12.0 Å². The summed E-state index contributed by atoms with van der Waals surface area (Å²) in [6, 6.07) is -0.586. The number of hydrogen-bond donors (Lipinski definition) is 2. The predicted octanol–water partition coefficient (Wildman–Crippen LogP) is -0.0737. The molecular weight excluding hydrogens is 236 g/mol. The van der Waals surface area contributed by atoms with E-state index in [0.29, 0.717) is 13.2 Å². The fourth-order valence-corrected chi connectivity index (χ4v) is 1.40. The lowest BCUT2D eigenvalue weighted by molar-refractivity contribution is -0.146. The molecule has 6 nitrogen and oxygen atoms in total. The van der Waals surface area contributed by atoms with Crippen LogP contribution in [0.2, 0.25) is 0 Å². The number of carbonyl (C=O) groups excluding carboxylic acids is 2. The van der Waals surface area contributed by atoms with Crippen LogP contribution in [0.15, 0.2) is 0 Å². The number of esters is 1. The minimum Gasteiger partial charge on any atom is -0.467 e. The summed E-state index contributed by atoms with van der Waals surface area (Å²) >= 11 is 0. The van der Waals surface area contributed by atoms with Crippen LogP contribution in [-0.2, 0) is 19.1 Å². The lowest BCUT2D eigenvalue weighted by atomic mass is 9.99. The van der Waals surface area contributed by atoms with E-state index in [4.69, 9.17) is 4.74 Å². The first-order valence-electron chi connectivity index (χ1n) is 6.13. The van der Waals surface area contributed by atoms with Crippen molar-refractivity contribution in [2.75, 3.05) is 33.9 Å². The topological polar surface area (TPSA) is 76.7 Å². The average molecular weight is 260 g/mol. The number of carbonyl (C=O) groups is 2. The van der Waals surface area contributed by atoms with Gasteiger partial charge in [0, 0.05) is 13.7 Å². The van der Waals surface area contributed by atoms with Crippen LogP contribution in [0.5, 0.6) is 0 Å². The highest BCUT2D eigenvalue weighted by Crippen LogP contribution is 2.08. The maximum Gasteiger partial charge on any atom is 0.328 e. The molecule has 106 valence electrons. The molecule has 0 aliphatic heterocycles. The van der Waals surface area contributed by atoms with Crippen LogP contribution >= 0.6 is 0 Å². The molecule has 0 radical (unpaired) electrons. The zero-order valence-electron chi connectivity index (χ0n) is 11.6. The second kappa shape index (κ2) is 9.85. The number of rotatable bonds is 9. The SMILES string of the molecule is CCC(C)C(NC(=O)CNCCOC)C(=O)OC. The van der Waals surface area contributed by atoms with Gasteiger partial charge in [-0.25, -0.2) is 4.79 Å². The highest BCUT2D eigenvalue weighted by atomic mass is 16.5. The fourth-order valence-electron chi connectivity index (χ4n) is 1.40. The first-order chi connectivity index (χ1) is 8.56. The Bertz CT molecular complexity index is 258. The summed E-state index contributed by atoms with van der Waals surface area (Å²) in [6.07, 6.45) is 0.789. The lowest BCUT2D eigenvalue weighted by Crippen LogP contribution is -2.48. The zero-order chi connectivity index (χ0) is 14.0. The van der Waals surface area contributed by atoms with Crippen molar-refractivity contribution < 1.29 is 19.1 Å². The second-order valence-electron chi connectivity index (χ2n) is 4.12. The van der Waals surface area contributed by atoms with Gasteiger partial charge in [-0.3, -0.25) is 4.79 Å². The molecule has 1 amide bonds. The highest BCUT2D eigenvalue weighted by Gasteiger charge is 2.26. The Kier molecular flexibility index (Phi) is 9.22. The molecule has 0 saturated carbocycles. The van der Waals surface area contributed by atoms with Crippen molar-refractivity contribution in [3.63, 3.8) is 0 Å². The van der Waals surface area contributed by atoms with Crippen LogP contribution in [-0.4, -0.2) is 51.8 Å². The number of hydrogen-bond acceptors (Lipinski definition) is 5. The van der Waals surface area contributed by atoms with Gasteiger partial charge in [0.05, 0.1) is 20.3 Å². The van der Waals surface area contributed by atoms with E-state index in [1.54, 1.807) is 7.11 Å². The summed E-state index contributed by atoms with van der Waals surface area (Å²) in [7, 11) is 2.92. The van der Waals surface area contributed by atoms with Crippen LogP contribution in [0.4, 0.5) is 0 Å². The quantitative estimate of drug-likeness (QED) is 0.448. The first-order valence-corrected chi connectivity index (χ1v) is 6.13. The predicted molar refractivity (Wildman–Crippen MR) is 68.1 cm³/mol. The van der Waals surface area contributed by atoms with Gasteiger partial charge in [0.15, 0.2) is 0 Å². The molecule has 0 spiro atoms. The van der Waals surface area contributed by atoms with E-state index in [1.807, 2.05) is 13.8 Å². The molecule has 0 aliphatic carbocycles. The van der Waals surface area contributed by atoms with Gasteiger partial charge < -0.3 is 20.1 Å². The molecule has 0 rings (SSSR count). The Morgan fingerprint density at radius 3 is 2.44 bits per heavy atom. The Balaban J connectivity index is 4.15. The average Bonchev–Trinajstić information content (AvgIpc) is 2.39. The van der Waals surface area contributed by atoms with Gasteiger partial charge in [-0.15, -0.1) is 0 Å². The maximum absolute atomic E-state index is 11.6. The van der Waals surface area contributed by atoms with Gasteiger partial charge in [0.25, 0.3) is 0 Å². The summed E-state index contributed by atoms with van der Waals surface area (Å²) in [5.74, 6) is -0.586. The number of ether oxygens (including phenoxy) is 2. The molecule has 0 fully saturated rings. The Morgan fingerprint density at radius 1 is 1.28 bits per heavy atom. The molecule has 6 heteroatoms. The number of amides is 1. The third-order valence-corrected chi connectivity index (χ3v) is 2.75. The summed E-state index contributed by atoms with van der Waals surface area (Å²) < 4.78 is 9.53. The third-order valence-electron chi connectivity index (χ3n) is 2.75. The van der Waals surface area contributed by atoms with Crippen LogP contribution in [0.25, 0.3) is 0 Å². The van der Waals surface area contributed by atoms with E-state index in [0.717, 1.165) is 6.42 Å². The largest absolute Gasteiger partial charge is 0.467 e. The van der Waals surface area contributed by atoms with Crippen LogP contribution in [0.1, 0.15) is 20.3 Å². The Hall–Kier alpha value is -1.14. The molecule has 0 aromatic heterocycles. The zero-order valence-corrected chi connectivity index (χ0v) is 11.6. The van der Waals surface area contributed by atoms with E-state index in [9.17, 15) is 9.59 Å². The Labute approximate surface area is 108 Å². The van der Waals surface area contributed by atoms with Gasteiger partial charge in [0.2, 0.25) is 5.91 Å². The van der Waals surface area contributed by atoms with Crippen molar-refractivity contribution in [1.29, 1.82) is 0 Å². The number of nitrogens with one attached hydrogen (secondary N) is 2. The third kappa shape index (κ3) is 6.56. The van der Waals surface area contributed by atoms with E-state index in [1.165, 1.54) is 7.11 Å². The second-order valence-corrected chi connectivity index (χ2v) is 4.12. The molecule has 0 aromatic carbocycles. The Morgan fingerprint density at radius 2 is 1.94 bits per heavy atom. The van der Waals surface area contributed by atoms with Gasteiger partial charge in [-0.05, 0) is 5.92 Å². The molecule has 0 bridgehead atoms. The van der Waals surface area contributed by atoms with Crippen molar-refractivity contribution in [3.05, 3.63) is 0 Å². The van der Waals surface area contributed by atoms with Gasteiger partial charge in [0.1, 0.15) is 6.04 Å². The van der Waals surface area contributed by atoms with Crippen molar-refractivity contribution in [2.24, 2.45) is 5.92 Å². The van der Waals surface area contributed by atoms with Gasteiger partial charge in [-0.2, -0.15) is 0 Å². The summed E-state index contributed by atoms with van der Waals surface area (Å²) in [5, 5.41) is 5.59. The molecule has 2 unspecified atom stereocenters. The van der Waals surface area contributed by atoms with Gasteiger partial charge in [-0.1, -0.05) is 20.3 Å². The van der Waals surface area contributed by atoms with Crippen LogP contribution in [0.3, 0.4) is 0 Å². The summed E-state index contributed by atoms with van der Waals surface area (Å²) in [4.78, 5) is 23.2. The molecule has 0 aromatic rings. The number of methoxy groups -OCH3 is 2. The van der Waals surface area contributed by atoms with Crippen LogP contribution < -0.4 is 10.6 Å². The standard InChI is InChI=1S/C12H24N2O4/c1-5-9(2)11(12(16)18-4)14-10(15)8-13-6-7-17-3/h9,11,13H,5-8H2,1-4H3,(H,14,15). The van der Waals surface area contributed by atoms with E-state index in [2.05, 4.69) is 15.4 Å². The monoisotopic (exact) mass is 260 g/mol. The van der Waals surface area contributed by atoms with Crippen molar-refractivity contribution in [1.82, 2.24) is 10.6 Å². The van der Waals surface area contributed by atoms with Crippen LogP contribution in [0, 0.1) is 5.92 Å². The molecular formula is C12H24N2O4. The van der Waals surface area contributed by atoms with E-state index in [-0.39, 0.29) is 18.4 Å². The lowest BCUT2D eigenvalue weighted by Gasteiger charge is -2.21. The highest BCUT2D eigenvalue weighted by molar-refractivity contribution is 5.85. The molecule has 18 heavy (non-hydrogen) atoms. The molecule has 0 saturated heterocycles. The van der Waals surface area contributed by atoms with Crippen molar-refractivity contribution >= 4 is 11.9 Å². The smallest absolute Gasteiger partial charge is 0.328 e. The minimum atomic E-state index is -0.586. The molecule has 2 N–H and O–H groups in total. The minimum absolute atomic E-state index is 0.0420. The van der Waals surface area contributed by atoms with Crippen molar-refractivity contribution in [3.8, 4) is 0 Å². The molecule has 0 heterocycles.